The van der Waals surface area contributed by atoms with Crippen LogP contribution in [0.4, 0.5) is 10.5 Å². The van der Waals surface area contributed by atoms with E-state index in [0.717, 1.165) is 37.2 Å². The highest BCUT2D eigenvalue weighted by molar-refractivity contribution is 6.31. The van der Waals surface area contributed by atoms with Crippen LogP contribution in [0, 0.1) is 6.92 Å². The summed E-state index contributed by atoms with van der Waals surface area (Å²) in [5.41, 5.74) is 1.78. The van der Waals surface area contributed by atoms with Gasteiger partial charge in [-0.3, -0.25) is 0 Å². The van der Waals surface area contributed by atoms with Gasteiger partial charge in [0.25, 0.3) is 0 Å². The molecule has 2 N–H and O–H groups in total. The third kappa shape index (κ3) is 3.16. The van der Waals surface area contributed by atoms with Crippen molar-refractivity contribution in [3.63, 3.8) is 0 Å². The average molecular weight is 308 g/mol. The Balaban J connectivity index is 1.67. The molecule has 2 aliphatic heterocycles. The van der Waals surface area contributed by atoms with Crippen LogP contribution >= 0.6 is 11.6 Å². The number of aryl methyl sites for hydroxylation is 1. The lowest BCUT2D eigenvalue weighted by atomic mass is 10.0. The standard InChI is InChI=1S/C16H22ClN3O/c1-11-6-7-12(10-13(11)17)19-16(21)20-9-3-5-15(20)14-4-2-8-18-14/h6-7,10,14-15,18H,2-5,8-9H2,1H3,(H,19,21). The summed E-state index contributed by atoms with van der Waals surface area (Å²) in [7, 11) is 0. The largest absolute Gasteiger partial charge is 0.322 e. The monoisotopic (exact) mass is 307 g/mol. The summed E-state index contributed by atoms with van der Waals surface area (Å²) in [6, 6.07) is 6.42. The Hall–Kier alpha value is -1.26. The normalized spacial score (nSPS) is 25.3. The molecule has 1 aromatic carbocycles. The highest BCUT2D eigenvalue weighted by Crippen LogP contribution is 2.26. The Labute approximate surface area is 130 Å². The van der Waals surface area contributed by atoms with Crippen molar-refractivity contribution in [2.75, 3.05) is 18.4 Å². The first-order valence-corrected chi connectivity index (χ1v) is 8.10. The van der Waals surface area contributed by atoms with Crippen molar-refractivity contribution >= 4 is 23.3 Å². The van der Waals surface area contributed by atoms with Gasteiger partial charge in [-0.25, -0.2) is 4.79 Å². The molecule has 2 heterocycles. The van der Waals surface area contributed by atoms with E-state index in [1.54, 1.807) is 0 Å². The van der Waals surface area contributed by atoms with Crippen LogP contribution in [0.5, 0.6) is 0 Å². The number of hydrogen-bond donors (Lipinski definition) is 2. The topological polar surface area (TPSA) is 44.4 Å². The first-order valence-electron chi connectivity index (χ1n) is 7.72. The lowest BCUT2D eigenvalue weighted by molar-refractivity contribution is 0.195. The first-order chi connectivity index (χ1) is 10.1. The van der Waals surface area contributed by atoms with Gasteiger partial charge in [0, 0.05) is 29.3 Å². The van der Waals surface area contributed by atoms with Crippen molar-refractivity contribution in [2.45, 2.75) is 44.7 Å². The van der Waals surface area contributed by atoms with Crippen molar-refractivity contribution < 1.29 is 4.79 Å². The van der Waals surface area contributed by atoms with E-state index in [-0.39, 0.29) is 6.03 Å². The maximum Gasteiger partial charge on any atom is 0.322 e. The maximum absolute atomic E-state index is 12.5. The van der Waals surface area contributed by atoms with Gasteiger partial charge in [-0.2, -0.15) is 0 Å². The number of nitrogens with one attached hydrogen (secondary N) is 2. The summed E-state index contributed by atoms with van der Waals surface area (Å²) < 4.78 is 0. The minimum absolute atomic E-state index is 0.00822. The van der Waals surface area contributed by atoms with Crippen LogP contribution in [0.3, 0.4) is 0 Å². The zero-order valence-electron chi connectivity index (χ0n) is 12.4. The molecule has 2 fully saturated rings. The third-order valence-electron chi connectivity index (χ3n) is 4.55. The van der Waals surface area contributed by atoms with Gasteiger partial charge in [0.1, 0.15) is 0 Å². The Bertz CT molecular complexity index is 528. The van der Waals surface area contributed by atoms with Crippen LogP contribution < -0.4 is 10.6 Å². The van der Waals surface area contributed by atoms with Crippen LogP contribution in [0.15, 0.2) is 18.2 Å². The zero-order valence-corrected chi connectivity index (χ0v) is 13.1. The lowest BCUT2D eigenvalue weighted by Gasteiger charge is -2.29. The van der Waals surface area contributed by atoms with Crippen LogP contribution in [-0.2, 0) is 0 Å². The summed E-state index contributed by atoms with van der Waals surface area (Å²) >= 11 is 6.11. The van der Waals surface area contributed by atoms with Crippen molar-refractivity contribution in [1.29, 1.82) is 0 Å². The molecule has 2 amide bonds. The fourth-order valence-electron chi connectivity index (χ4n) is 3.37. The number of amides is 2. The summed E-state index contributed by atoms with van der Waals surface area (Å²) in [6.45, 7) is 3.87. The Kier molecular flexibility index (Phi) is 4.36. The van der Waals surface area contributed by atoms with Crippen LogP contribution in [0.1, 0.15) is 31.2 Å². The van der Waals surface area contributed by atoms with Gasteiger partial charge in [0.15, 0.2) is 0 Å². The maximum atomic E-state index is 12.5. The Morgan fingerprint density at radius 2 is 2.24 bits per heavy atom. The molecular weight excluding hydrogens is 286 g/mol. The molecule has 0 spiro atoms. The van der Waals surface area contributed by atoms with E-state index >= 15 is 0 Å². The fraction of sp³-hybridized carbons (Fsp3) is 0.562. The molecule has 21 heavy (non-hydrogen) atoms. The van der Waals surface area contributed by atoms with Gasteiger partial charge in [-0.1, -0.05) is 17.7 Å². The van der Waals surface area contributed by atoms with Gasteiger partial charge in [0.05, 0.1) is 0 Å². The predicted octanol–water partition coefficient (Wildman–Crippen LogP) is 3.40. The summed E-state index contributed by atoms with van der Waals surface area (Å²) in [5.74, 6) is 0. The summed E-state index contributed by atoms with van der Waals surface area (Å²) in [6.07, 6.45) is 4.57. The average Bonchev–Trinajstić information content (AvgIpc) is 3.12. The highest BCUT2D eigenvalue weighted by Gasteiger charge is 2.35. The molecule has 2 aliphatic rings. The lowest BCUT2D eigenvalue weighted by Crippen LogP contribution is -2.48. The molecular formula is C16H22ClN3O. The van der Waals surface area contributed by atoms with E-state index in [9.17, 15) is 4.79 Å². The molecule has 114 valence electrons. The molecule has 0 aromatic heterocycles. The number of halogens is 1. The number of rotatable bonds is 2. The van der Waals surface area contributed by atoms with E-state index in [1.165, 1.54) is 12.8 Å². The second-order valence-electron chi connectivity index (χ2n) is 6.00. The molecule has 0 radical (unpaired) electrons. The molecule has 0 aliphatic carbocycles. The minimum atomic E-state index is -0.00822. The number of likely N-dealkylation sites (tertiary alicyclic amines) is 1. The van der Waals surface area contributed by atoms with E-state index in [0.29, 0.717) is 17.1 Å². The number of benzene rings is 1. The van der Waals surface area contributed by atoms with Crippen molar-refractivity contribution in [3.8, 4) is 0 Å². The van der Waals surface area contributed by atoms with Crippen molar-refractivity contribution in [1.82, 2.24) is 10.2 Å². The third-order valence-corrected chi connectivity index (χ3v) is 4.95. The number of carbonyl (C=O) groups is 1. The first kappa shape index (κ1) is 14.7. The van der Waals surface area contributed by atoms with Gasteiger partial charge in [0.2, 0.25) is 0 Å². The predicted molar refractivity (Wildman–Crippen MR) is 86.0 cm³/mol. The van der Waals surface area contributed by atoms with E-state index < -0.39 is 0 Å². The molecule has 2 atom stereocenters. The number of carbonyl (C=O) groups excluding carboxylic acids is 1. The Morgan fingerprint density at radius 3 is 2.95 bits per heavy atom. The number of urea groups is 1. The molecule has 1 aromatic rings. The fourth-order valence-corrected chi connectivity index (χ4v) is 3.55. The number of nitrogens with zero attached hydrogens (tertiary/aromatic N) is 1. The van der Waals surface area contributed by atoms with Gasteiger partial charge in [-0.15, -0.1) is 0 Å². The quantitative estimate of drug-likeness (QED) is 0.879. The van der Waals surface area contributed by atoms with Gasteiger partial charge in [-0.05, 0) is 56.8 Å². The van der Waals surface area contributed by atoms with E-state index in [4.69, 9.17) is 11.6 Å². The van der Waals surface area contributed by atoms with Crippen molar-refractivity contribution in [3.05, 3.63) is 28.8 Å². The second kappa shape index (κ2) is 6.24. The van der Waals surface area contributed by atoms with Crippen LogP contribution in [-0.4, -0.2) is 36.1 Å². The molecule has 3 rings (SSSR count). The summed E-state index contributed by atoms with van der Waals surface area (Å²) in [4.78, 5) is 14.5. The van der Waals surface area contributed by atoms with E-state index in [2.05, 4.69) is 10.6 Å². The molecule has 5 heteroatoms. The van der Waals surface area contributed by atoms with E-state index in [1.807, 2.05) is 30.0 Å². The summed E-state index contributed by atoms with van der Waals surface area (Å²) in [5, 5.41) is 7.18. The molecule has 2 saturated heterocycles. The molecule has 4 nitrogen and oxygen atoms in total. The van der Waals surface area contributed by atoms with Gasteiger partial charge >= 0.3 is 6.03 Å². The molecule has 2 unspecified atom stereocenters. The minimum Gasteiger partial charge on any atom is -0.320 e. The van der Waals surface area contributed by atoms with Crippen LogP contribution in [0.25, 0.3) is 0 Å². The highest BCUT2D eigenvalue weighted by atomic mass is 35.5. The van der Waals surface area contributed by atoms with Crippen molar-refractivity contribution in [2.24, 2.45) is 0 Å². The zero-order chi connectivity index (χ0) is 14.8. The SMILES string of the molecule is Cc1ccc(NC(=O)N2CCCC2C2CCCN2)cc1Cl. The van der Waals surface area contributed by atoms with Gasteiger partial charge < -0.3 is 15.5 Å². The molecule has 0 saturated carbocycles. The smallest absolute Gasteiger partial charge is 0.320 e. The second-order valence-corrected chi connectivity index (χ2v) is 6.41. The Morgan fingerprint density at radius 1 is 1.38 bits per heavy atom. The molecule has 0 bridgehead atoms. The van der Waals surface area contributed by atoms with Crippen LogP contribution in [0.2, 0.25) is 5.02 Å². The number of hydrogen-bond acceptors (Lipinski definition) is 2. The number of anilines is 1.